The zero-order valence-electron chi connectivity index (χ0n) is 9.42. The van der Waals surface area contributed by atoms with Crippen LogP contribution >= 0.6 is 67.8 Å². The molecule has 1 aliphatic heterocycles. The van der Waals surface area contributed by atoms with E-state index in [1.807, 2.05) is 4.90 Å². The molecule has 2 rings (SSSR count). The number of benzene rings is 1. The van der Waals surface area contributed by atoms with Crippen LogP contribution in [0.1, 0.15) is 0 Å². The quantitative estimate of drug-likeness (QED) is 0.537. The van der Waals surface area contributed by atoms with E-state index in [2.05, 4.69) is 85.2 Å². The van der Waals surface area contributed by atoms with Crippen molar-refractivity contribution in [1.29, 1.82) is 0 Å². The highest BCUT2D eigenvalue weighted by atomic mass is 127. The maximum absolute atomic E-state index is 11.9. The van der Waals surface area contributed by atoms with Crippen molar-refractivity contribution >= 4 is 79.4 Å². The van der Waals surface area contributed by atoms with Gasteiger partial charge < -0.3 is 11.1 Å². The Balaban J connectivity index is 1.98. The molecule has 0 aliphatic carbocycles. The number of nitrogens with zero attached hydrogens (tertiary/aromatic N) is 1. The van der Waals surface area contributed by atoms with Crippen LogP contribution in [0.15, 0.2) is 12.1 Å². The van der Waals surface area contributed by atoms with Crippen LogP contribution < -0.4 is 11.1 Å². The molecule has 4 nitrogen and oxygen atoms in total. The van der Waals surface area contributed by atoms with E-state index in [0.29, 0.717) is 6.54 Å². The van der Waals surface area contributed by atoms with E-state index in [1.54, 1.807) is 0 Å². The van der Waals surface area contributed by atoms with Gasteiger partial charge in [-0.25, -0.2) is 0 Å². The Labute approximate surface area is 147 Å². The number of carbonyl (C=O) groups is 1. The fraction of sp³-hybridized carbons (Fsp3) is 0.364. The summed E-state index contributed by atoms with van der Waals surface area (Å²) >= 11 is 6.77. The minimum atomic E-state index is 0.0268. The highest BCUT2D eigenvalue weighted by molar-refractivity contribution is 14.1. The normalized spacial score (nSPS) is 16.4. The zero-order valence-corrected chi connectivity index (χ0v) is 15.9. The van der Waals surface area contributed by atoms with Crippen LogP contribution in [0.4, 0.5) is 5.69 Å². The second-order valence-corrected chi connectivity index (χ2v) is 7.82. The van der Waals surface area contributed by atoms with Gasteiger partial charge in [0.05, 0.1) is 12.2 Å². The lowest BCUT2D eigenvalue weighted by Gasteiger charge is -2.36. The zero-order chi connectivity index (χ0) is 13.3. The lowest BCUT2D eigenvalue weighted by molar-refractivity contribution is -0.118. The summed E-state index contributed by atoms with van der Waals surface area (Å²) < 4.78 is 3.31. The second-order valence-electron chi connectivity index (χ2n) is 4.25. The third kappa shape index (κ3) is 3.90. The molecule has 0 atom stereocenters. The van der Waals surface area contributed by atoms with Crippen LogP contribution in [0.25, 0.3) is 0 Å². The number of likely N-dealkylation sites (tertiary alicyclic amines) is 1. The number of anilines is 1. The van der Waals surface area contributed by atoms with Crippen LogP contribution in [0.3, 0.4) is 0 Å². The summed E-state index contributed by atoms with van der Waals surface area (Å²) in [5, 5.41) is 2.98. The third-order valence-electron chi connectivity index (χ3n) is 2.62. The Bertz CT molecular complexity index is 452. The lowest BCUT2D eigenvalue weighted by atomic mass is 10.1. The van der Waals surface area contributed by atoms with Gasteiger partial charge in [0.2, 0.25) is 5.91 Å². The van der Waals surface area contributed by atoms with Gasteiger partial charge in [-0.05, 0) is 79.9 Å². The molecule has 98 valence electrons. The molecular weight excluding hydrogens is 571 g/mol. The van der Waals surface area contributed by atoms with Crippen LogP contribution in [0.2, 0.25) is 0 Å². The van der Waals surface area contributed by atoms with E-state index in [0.717, 1.165) is 25.9 Å². The number of rotatable bonds is 3. The Morgan fingerprint density at radius 3 is 2.39 bits per heavy atom. The van der Waals surface area contributed by atoms with Gasteiger partial charge in [-0.15, -0.1) is 0 Å². The molecule has 1 fully saturated rings. The van der Waals surface area contributed by atoms with E-state index in [4.69, 9.17) is 5.73 Å². The van der Waals surface area contributed by atoms with Crippen molar-refractivity contribution in [2.75, 3.05) is 25.0 Å². The van der Waals surface area contributed by atoms with Crippen molar-refractivity contribution in [2.24, 2.45) is 5.73 Å². The molecule has 0 aromatic heterocycles. The molecule has 1 saturated heterocycles. The molecule has 1 aliphatic rings. The van der Waals surface area contributed by atoms with Crippen molar-refractivity contribution in [3.05, 3.63) is 22.8 Å². The smallest absolute Gasteiger partial charge is 0.238 e. The molecule has 0 unspecified atom stereocenters. The number of amides is 1. The SMILES string of the molecule is NC1CN(CC(=O)Nc2c(I)cc(I)cc2I)C1. The van der Waals surface area contributed by atoms with Crippen molar-refractivity contribution in [1.82, 2.24) is 4.90 Å². The number of hydrogen-bond donors (Lipinski definition) is 2. The predicted molar refractivity (Wildman–Crippen MR) is 97.6 cm³/mol. The molecule has 1 amide bonds. The van der Waals surface area contributed by atoms with E-state index in [9.17, 15) is 4.79 Å². The second kappa shape index (κ2) is 6.50. The topological polar surface area (TPSA) is 58.4 Å². The number of carbonyl (C=O) groups excluding carboxylic acids is 1. The van der Waals surface area contributed by atoms with Crippen molar-refractivity contribution in [2.45, 2.75) is 6.04 Å². The molecule has 1 heterocycles. The maximum atomic E-state index is 11.9. The van der Waals surface area contributed by atoms with Crippen LogP contribution in [-0.2, 0) is 4.79 Å². The van der Waals surface area contributed by atoms with Gasteiger partial charge in [0.1, 0.15) is 0 Å². The molecule has 0 bridgehead atoms. The first kappa shape index (κ1) is 15.2. The molecular formula is C11H12I3N3O. The first-order valence-corrected chi connectivity index (χ1v) is 8.61. The van der Waals surface area contributed by atoms with Gasteiger partial charge in [-0.1, -0.05) is 0 Å². The monoisotopic (exact) mass is 583 g/mol. The van der Waals surface area contributed by atoms with E-state index >= 15 is 0 Å². The minimum absolute atomic E-state index is 0.0268. The summed E-state index contributed by atoms with van der Waals surface area (Å²) in [7, 11) is 0. The average molecular weight is 583 g/mol. The summed E-state index contributed by atoms with van der Waals surface area (Å²) in [5.41, 5.74) is 6.59. The number of hydrogen-bond acceptors (Lipinski definition) is 3. The molecule has 0 spiro atoms. The highest BCUT2D eigenvalue weighted by Gasteiger charge is 2.25. The van der Waals surface area contributed by atoms with Gasteiger partial charge in [-0.2, -0.15) is 0 Å². The number of nitrogens with one attached hydrogen (secondary N) is 1. The molecule has 0 radical (unpaired) electrons. The summed E-state index contributed by atoms with van der Waals surface area (Å²) in [4.78, 5) is 14.0. The Morgan fingerprint density at radius 1 is 1.33 bits per heavy atom. The van der Waals surface area contributed by atoms with Gasteiger partial charge in [0.25, 0.3) is 0 Å². The predicted octanol–water partition coefficient (Wildman–Crippen LogP) is 2.08. The van der Waals surface area contributed by atoms with Crippen molar-refractivity contribution < 1.29 is 4.79 Å². The van der Waals surface area contributed by atoms with Gasteiger partial charge in [0, 0.05) is 29.8 Å². The molecule has 0 saturated carbocycles. The van der Waals surface area contributed by atoms with Gasteiger partial charge >= 0.3 is 0 Å². The lowest BCUT2D eigenvalue weighted by Crippen LogP contribution is -2.57. The van der Waals surface area contributed by atoms with Crippen LogP contribution in [-0.4, -0.2) is 36.5 Å². The molecule has 7 heteroatoms. The first-order valence-electron chi connectivity index (χ1n) is 5.38. The van der Waals surface area contributed by atoms with E-state index < -0.39 is 0 Å². The Kier molecular flexibility index (Phi) is 5.49. The highest BCUT2D eigenvalue weighted by Crippen LogP contribution is 2.27. The number of nitrogens with two attached hydrogens (primary N) is 1. The van der Waals surface area contributed by atoms with Crippen molar-refractivity contribution in [3.8, 4) is 0 Å². The molecule has 1 aromatic rings. The molecule has 1 aromatic carbocycles. The van der Waals surface area contributed by atoms with Crippen molar-refractivity contribution in [3.63, 3.8) is 0 Å². The standard InChI is InChI=1S/C11H12I3N3O/c12-6-1-8(13)11(9(14)2-6)16-10(18)5-17-3-7(15)4-17/h1-2,7H,3-5,15H2,(H,16,18). The molecule has 18 heavy (non-hydrogen) atoms. The minimum Gasteiger partial charge on any atom is -0.325 e. The van der Waals surface area contributed by atoms with E-state index in [1.165, 1.54) is 3.57 Å². The first-order chi connectivity index (χ1) is 8.45. The fourth-order valence-corrected chi connectivity index (χ4v) is 5.63. The van der Waals surface area contributed by atoms with Crippen LogP contribution in [0, 0.1) is 10.7 Å². The Morgan fingerprint density at radius 2 is 1.89 bits per heavy atom. The average Bonchev–Trinajstić information content (AvgIpc) is 2.21. The largest absolute Gasteiger partial charge is 0.325 e. The maximum Gasteiger partial charge on any atom is 0.238 e. The fourth-order valence-electron chi connectivity index (χ4n) is 1.78. The van der Waals surface area contributed by atoms with Gasteiger partial charge in [-0.3, -0.25) is 9.69 Å². The number of halogens is 3. The summed E-state index contributed by atoms with van der Waals surface area (Å²) in [5.74, 6) is 0.0268. The summed E-state index contributed by atoms with van der Waals surface area (Å²) in [6, 6.07) is 4.34. The van der Waals surface area contributed by atoms with Crippen LogP contribution in [0.5, 0.6) is 0 Å². The summed E-state index contributed by atoms with van der Waals surface area (Å²) in [6.07, 6.45) is 0. The van der Waals surface area contributed by atoms with E-state index in [-0.39, 0.29) is 11.9 Å². The third-order valence-corrected chi connectivity index (χ3v) is 4.95. The molecule has 3 N–H and O–H groups in total. The summed E-state index contributed by atoms with van der Waals surface area (Å²) in [6.45, 7) is 2.05. The van der Waals surface area contributed by atoms with Gasteiger partial charge in [0.15, 0.2) is 0 Å². The Hall–Kier alpha value is 0.800.